The molecule has 0 radical (unpaired) electrons. The van der Waals surface area contributed by atoms with Crippen molar-refractivity contribution in [1.29, 1.82) is 0 Å². The minimum absolute atomic E-state index is 0.0205. The Labute approximate surface area is 171 Å². The number of benzene rings is 2. The van der Waals surface area contributed by atoms with Crippen LogP contribution in [0.4, 0.5) is 15.8 Å². The largest absolute Gasteiger partial charge is 0.497 e. The maximum Gasteiger partial charge on any atom is 0.270 e. The summed E-state index contributed by atoms with van der Waals surface area (Å²) < 4.78 is 10.4. The molecule has 150 valence electrons. The lowest BCUT2D eigenvalue weighted by Crippen LogP contribution is -2.17. The van der Waals surface area contributed by atoms with Crippen molar-refractivity contribution >= 4 is 39.0 Å². The van der Waals surface area contributed by atoms with E-state index in [1.807, 2.05) is 31.2 Å². The van der Waals surface area contributed by atoms with Crippen molar-refractivity contribution in [3.8, 4) is 11.5 Å². The number of carbonyl (C=O) groups excluding carboxylic acids is 2. The SMILES string of the molecule is COc1cc(OC)cc(C(=O)Nc2sc(Nc3ccc(C)cc3)nc2C(N)=O)c1. The van der Waals surface area contributed by atoms with Crippen molar-refractivity contribution in [3.63, 3.8) is 0 Å². The molecule has 8 nitrogen and oxygen atoms in total. The maximum absolute atomic E-state index is 12.7. The van der Waals surface area contributed by atoms with Crippen LogP contribution in [0.15, 0.2) is 42.5 Å². The van der Waals surface area contributed by atoms with Gasteiger partial charge < -0.3 is 25.8 Å². The van der Waals surface area contributed by atoms with Gasteiger partial charge in [-0.25, -0.2) is 4.98 Å². The van der Waals surface area contributed by atoms with Gasteiger partial charge in [-0.15, -0.1) is 0 Å². The van der Waals surface area contributed by atoms with Gasteiger partial charge in [0.15, 0.2) is 10.8 Å². The summed E-state index contributed by atoms with van der Waals surface area (Å²) in [6.45, 7) is 1.99. The standard InChI is InChI=1S/C20H20N4O4S/c1-11-4-6-13(7-5-11)22-20-23-16(17(21)25)19(29-20)24-18(26)12-8-14(27-2)10-15(9-12)28-3/h4-10H,1-3H3,(H2,21,25)(H,22,23)(H,24,26). The first kappa shape index (κ1) is 20.2. The van der Waals surface area contributed by atoms with E-state index in [9.17, 15) is 9.59 Å². The van der Waals surface area contributed by atoms with Crippen molar-refractivity contribution in [2.45, 2.75) is 6.92 Å². The maximum atomic E-state index is 12.7. The van der Waals surface area contributed by atoms with Crippen LogP contribution in [0.25, 0.3) is 0 Å². The monoisotopic (exact) mass is 412 g/mol. The second-order valence-electron chi connectivity index (χ2n) is 6.11. The van der Waals surface area contributed by atoms with E-state index in [1.165, 1.54) is 14.2 Å². The number of nitrogens with zero attached hydrogens (tertiary/aromatic N) is 1. The third kappa shape index (κ3) is 4.82. The number of hydrogen-bond donors (Lipinski definition) is 3. The molecule has 3 aromatic rings. The normalized spacial score (nSPS) is 10.3. The van der Waals surface area contributed by atoms with E-state index >= 15 is 0 Å². The first-order valence-electron chi connectivity index (χ1n) is 8.58. The van der Waals surface area contributed by atoms with Crippen LogP contribution in [-0.4, -0.2) is 31.0 Å². The van der Waals surface area contributed by atoms with Gasteiger partial charge in [0.2, 0.25) is 0 Å². The van der Waals surface area contributed by atoms with Gasteiger partial charge >= 0.3 is 0 Å². The summed E-state index contributed by atoms with van der Waals surface area (Å²) in [4.78, 5) is 28.7. The Morgan fingerprint density at radius 3 is 2.21 bits per heavy atom. The third-order valence-corrected chi connectivity index (χ3v) is 4.89. The molecular formula is C20H20N4O4S. The van der Waals surface area contributed by atoms with Gasteiger partial charge in [-0.1, -0.05) is 29.0 Å². The summed E-state index contributed by atoms with van der Waals surface area (Å²) in [6, 6.07) is 12.5. The van der Waals surface area contributed by atoms with E-state index in [0.717, 1.165) is 22.6 Å². The second kappa shape index (κ2) is 8.61. The number of hydrogen-bond acceptors (Lipinski definition) is 7. The van der Waals surface area contributed by atoms with E-state index in [4.69, 9.17) is 15.2 Å². The zero-order valence-electron chi connectivity index (χ0n) is 16.1. The number of carbonyl (C=O) groups is 2. The summed E-state index contributed by atoms with van der Waals surface area (Å²) in [5, 5.41) is 6.48. The van der Waals surface area contributed by atoms with Crippen LogP contribution in [-0.2, 0) is 0 Å². The predicted molar refractivity (Wildman–Crippen MR) is 113 cm³/mol. The molecule has 0 unspecified atom stereocenters. The molecule has 0 bridgehead atoms. The molecule has 4 N–H and O–H groups in total. The fourth-order valence-electron chi connectivity index (χ4n) is 2.50. The highest BCUT2D eigenvalue weighted by molar-refractivity contribution is 7.20. The number of amides is 2. The summed E-state index contributed by atoms with van der Waals surface area (Å²) >= 11 is 1.11. The Balaban J connectivity index is 1.86. The molecule has 0 saturated carbocycles. The average Bonchev–Trinajstić information content (AvgIpc) is 3.11. The van der Waals surface area contributed by atoms with Crippen LogP contribution >= 0.6 is 11.3 Å². The fourth-order valence-corrected chi connectivity index (χ4v) is 3.39. The molecule has 2 amide bonds. The van der Waals surface area contributed by atoms with Crippen LogP contribution in [0, 0.1) is 6.92 Å². The minimum Gasteiger partial charge on any atom is -0.497 e. The molecule has 2 aromatic carbocycles. The molecule has 3 rings (SSSR count). The highest BCUT2D eigenvalue weighted by atomic mass is 32.1. The predicted octanol–water partition coefficient (Wildman–Crippen LogP) is 3.56. The van der Waals surface area contributed by atoms with E-state index in [0.29, 0.717) is 22.2 Å². The summed E-state index contributed by atoms with van der Waals surface area (Å²) in [7, 11) is 2.99. The molecule has 0 saturated heterocycles. The molecule has 0 aliphatic carbocycles. The summed E-state index contributed by atoms with van der Waals surface area (Å²) in [6.07, 6.45) is 0. The van der Waals surface area contributed by atoms with Crippen LogP contribution in [0.1, 0.15) is 26.4 Å². The molecule has 0 fully saturated rings. The number of methoxy groups -OCH3 is 2. The molecule has 0 aliphatic rings. The van der Waals surface area contributed by atoms with Crippen molar-refractivity contribution in [2.75, 3.05) is 24.9 Å². The lowest BCUT2D eigenvalue weighted by Gasteiger charge is -2.08. The highest BCUT2D eigenvalue weighted by Crippen LogP contribution is 2.31. The number of ether oxygens (including phenoxy) is 2. The Kier molecular flexibility index (Phi) is 5.99. The molecule has 1 heterocycles. The number of anilines is 3. The zero-order chi connectivity index (χ0) is 21.0. The lowest BCUT2D eigenvalue weighted by atomic mass is 10.2. The van der Waals surface area contributed by atoms with Gasteiger partial charge in [-0.05, 0) is 31.2 Å². The Morgan fingerprint density at radius 2 is 1.66 bits per heavy atom. The topological polar surface area (TPSA) is 116 Å². The fraction of sp³-hybridized carbons (Fsp3) is 0.150. The molecule has 0 spiro atoms. The molecule has 1 aromatic heterocycles. The number of aryl methyl sites for hydroxylation is 1. The van der Waals surface area contributed by atoms with E-state index in [-0.39, 0.29) is 10.7 Å². The van der Waals surface area contributed by atoms with Crippen molar-refractivity contribution < 1.29 is 19.1 Å². The Morgan fingerprint density at radius 1 is 1.03 bits per heavy atom. The highest BCUT2D eigenvalue weighted by Gasteiger charge is 2.19. The molecule has 9 heteroatoms. The molecule has 0 aliphatic heterocycles. The minimum atomic E-state index is -0.739. The van der Waals surface area contributed by atoms with Gasteiger partial charge in [-0.3, -0.25) is 9.59 Å². The van der Waals surface area contributed by atoms with Crippen molar-refractivity contribution in [3.05, 3.63) is 59.3 Å². The summed E-state index contributed by atoms with van der Waals surface area (Å²) in [5.41, 5.74) is 7.64. The van der Waals surface area contributed by atoms with E-state index in [2.05, 4.69) is 15.6 Å². The quantitative estimate of drug-likeness (QED) is 0.546. The van der Waals surface area contributed by atoms with Crippen LogP contribution in [0.3, 0.4) is 0 Å². The molecule has 0 atom stereocenters. The smallest absolute Gasteiger partial charge is 0.270 e. The van der Waals surface area contributed by atoms with Crippen LogP contribution in [0.5, 0.6) is 11.5 Å². The molecule has 29 heavy (non-hydrogen) atoms. The average molecular weight is 412 g/mol. The number of thiazole rings is 1. The zero-order valence-corrected chi connectivity index (χ0v) is 16.9. The first-order valence-corrected chi connectivity index (χ1v) is 9.40. The second-order valence-corrected chi connectivity index (χ2v) is 7.11. The van der Waals surface area contributed by atoms with Gasteiger partial charge in [0.1, 0.15) is 16.5 Å². The Hall–Kier alpha value is -3.59. The number of primary amides is 1. The number of rotatable bonds is 7. The lowest BCUT2D eigenvalue weighted by molar-refractivity contribution is 0.0997. The number of nitrogens with one attached hydrogen (secondary N) is 2. The molecular weight excluding hydrogens is 392 g/mol. The number of aromatic nitrogens is 1. The Bertz CT molecular complexity index is 1020. The van der Waals surface area contributed by atoms with E-state index in [1.54, 1.807) is 18.2 Å². The van der Waals surface area contributed by atoms with Crippen molar-refractivity contribution in [2.24, 2.45) is 5.73 Å². The van der Waals surface area contributed by atoms with Gasteiger partial charge in [0.25, 0.3) is 11.8 Å². The summed E-state index contributed by atoms with van der Waals surface area (Å²) in [5.74, 6) is -0.252. The number of nitrogens with two attached hydrogens (primary N) is 1. The van der Waals surface area contributed by atoms with Gasteiger partial charge in [0.05, 0.1) is 14.2 Å². The van der Waals surface area contributed by atoms with Gasteiger partial charge in [0, 0.05) is 17.3 Å². The van der Waals surface area contributed by atoms with Crippen molar-refractivity contribution in [1.82, 2.24) is 4.98 Å². The van der Waals surface area contributed by atoms with Crippen LogP contribution < -0.4 is 25.8 Å². The van der Waals surface area contributed by atoms with Gasteiger partial charge in [-0.2, -0.15) is 0 Å². The van der Waals surface area contributed by atoms with Crippen LogP contribution in [0.2, 0.25) is 0 Å². The third-order valence-electron chi connectivity index (χ3n) is 4.00. The van der Waals surface area contributed by atoms with E-state index < -0.39 is 11.8 Å². The first-order chi connectivity index (χ1) is 13.9.